The number of ether oxygens (including phenoxy) is 1. The lowest BCUT2D eigenvalue weighted by Crippen LogP contribution is -2.12. The third-order valence-corrected chi connectivity index (χ3v) is 2.58. The lowest BCUT2D eigenvalue weighted by molar-refractivity contribution is 0.287. The van der Waals surface area contributed by atoms with Gasteiger partial charge in [-0.15, -0.1) is 0 Å². The molecule has 1 heterocycles. The molecule has 0 saturated heterocycles. The highest BCUT2D eigenvalue weighted by Gasteiger charge is 2.08. The molecule has 0 aliphatic carbocycles. The van der Waals surface area contributed by atoms with E-state index < -0.39 is 0 Å². The third kappa shape index (κ3) is 2.81. The van der Waals surface area contributed by atoms with Crippen molar-refractivity contribution in [3.8, 4) is 5.88 Å². The molecular formula is C13H11FN2OS. The minimum Gasteiger partial charge on any atom is -0.472 e. The van der Waals surface area contributed by atoms with Gasteiger partial charge in [-0.05, 0) is 18.2 Å². The first-order valence-electron chi connectivity index (χ1n) is 5.29. The molecule has 3 nitrogen and oxygen atoms in total. The Morgan fingerprint density at radius 1 is 1.28 bits per heavy atom. The highest BCUT2D eigenvalue weighted by molar-refractivity contribution is 7.80. The molecule has 2 rings (SSSR count). The van der Waals surface area contributed by atoms with Crippen LogP contribution in [-0.4, -0.2) is 9.97 Å². The minimum atomic E-state index is -0.315. The smallest absolute Gasteiger partial charge is 0.224 e. The topological polar surface area (TPSA) is 48.1 Å². The molecule has 2 aromatic rings. The number of nitrogens with zero attached hydrogens (tertiary/aromatic N) is 1. The van der Waals surface area contributed by atoms with Gasteiger partial charge in [-0.25, -0.2) is 9.37 Å². The van der Waals surface area contributed by atoms with Gasteiger partial charge in [-0.3, -0.25) is 0 Å². The van der Waals surface area contributed by atoms with Gasteiger partial charge in [0.05, 0.1) is 5.56 Å². The van der Waals surface area contributed by atoms with E-state index in [4.69, 9.17) is 22.7 Å². The van der Waals surface area contributed by atoms with E-state index in [1.807, 2.05) is 0 Å². The molecular weight excluding hydrogens is 251 g/mol. The normalized spacial score (nSPS) is 10.1. The van der Waals surface area contributed by atoms with Crippen LogP contribution in [0.5, 0.6) is 5.88 Å². The Balaban J connectivity index is 2.16. The first-order chi connectivity index (χ1) is 8.68. The molecule has 0 aliphatic heterocycles. The predicted octanol–water partition coefficient (Wildman–Crippen LogP) is 2.43. The Hall–Kier alpha value is -2.01. The van der Waals surface area contributed by atoms with Crippen LogP contribution in [0.15, 0.2) is 42.6 Å². The SMILES string of the molecule is NC(=S)c1cccnc1OCc1ccccc1F. The zero-order valence-electron chi connectivity index (χ0n) is 9.47. The van der Waals surface area contributed by atoms with Crippen LogP contribution in [0.3, 0.4) is 0 Å². The van der Waals surface area contributed by atoms with Gasteiger partial charge in [-0.2, -0.15) is 0 Å². The number of hydrogen-bond acceptors (Lipinski definition) is 3. The Bertz CT molecular complexity index is 574. The van der Waals surface area contributed by atoms with Crippen molar-refractivity contribution in [3.05, 3.63) is 59.5 Å². The average Bonchev–Trinajstić information content (AvgIpc) is 2.38. The first-order valence-corrected chi connectivity index (χ1v) is 5.70. The van der Waals surface area contributed by atoms with Crippen molar-refractivity contribution < 1.29 is 9.13 Å². The standard InChI is InChI=1S/C13H11FN2OS/c14-11-6-2-1-4-9(11)8-17-13-10(12(15)18)5-3-7-16-13/h1-7H,8H2,(H2,15,18). The molecule has 0 fully saturated rings. The van der Waals surface area contributed by atoms with E-state index in [1.54, 1.807) is 36.5 Å². The maximum Gasteiger partial charge on any atom is 0.224 e. The van der Waals surface area contributed by atoms with Crippen molar-refractivity contribution in [2.45, 2.75) is 6.61 Å². The Kier molecular flexibility index (Phi) is 3.84. The van der Waals surface area contributed by atoms with E-state index in [1.165, 1.54) is 6.07 Å². The minimum absolute atomic E-state index is 0.0826. The lowest BCUT2D eigenvalue weighted by Gasteiger charge is -2.09. The highest BCUT2D eigenvalue weighted by atomic mass is 32.1. The Labute approximate surface area is 109 Å². The maximum absolute atomic E-state index is 13.4. The van der Waals surface area contributed by atoms with Crippen molar-refractivity contribution >= 4 is 17.2 Å². The molecule has 1 aromatic carbocycles. The fraction of sp³-hybridized carbons (Fsp3) is 0.0769. The average molecular weight is 262 g/mol. The number of thiocarbonyl (C=S) groups is 1. The van der Waals surface area contributed by atoms with E-state index in [0.29, 0.717) is 17.0 Å². The van der Waals surface area contributed by atoms with Crippen LogP contribution >= 0.6 is 12.2 Å². The Morgan fingerprint density at radius 2 is 2.06 bits per heavy atom. The monoisotopic (exact) mass is 262 g/mol. The first kappa shape index (κ1) is 12.4. The second-order valence-corrected chi connectivity index (χ2v) is 4.04. The summed E-state index contributed by atoms with van der Waals surface area (Å²) < 4.78 is 18.8. The van der Waals surface area contributed by atoms with Crippen molar-refractivity contribution in [2.75, 3.05) is 0 Å². The quantitative estimate of drug-likeness (QED) is 0.860. The molecule has 5 heteroatoms. The maximum atomic E-state index is 13.4. The van der Waals surface area contributed by atoms with Crippen molar-refractivity contribution in [3.63, 3.8) is 0 Å². The number of benzene rings is 1. The van der Waals surface area contributed by atoms with Gasteiger partial charge in [-0.1, -0.05) is 30.4 Å². The van der Waals surface area contributed by atoms with Crippen LogP contribution in [0.1, 0.15) is 11.1 Å². The fourth-order valence-electron chi connectivity index (χ4n) is 1.45. The molecule has 92 valence electrons. The fourth-order valence-corrected chi connectivity index (χ4v) is 1.61. The van der Waals surface area contributed by atoms with Gasteiger partial charge < -0.3 is 10.5 Å². The van der Waals surface area contributed by atoms with Crippen LogP contribution < -0.4 is 10.5 Å². The predicted molar refractivity (Wildman–Crippen MR) is 70.9 cm³/mol. The molecule has 0 atom stereocenters. The van der Waals surface area contributed by atoms with Crippen LogP contribution in [0.4, 0.5) is 4.39 Å². The van der Waals surface area contributed by atoms with Gasteiger partial charge in [0.25, 0.3) is 0 Å². The van der Waals surface area contributed by atoms with Gasteiger partial charge in [0.2, 0.25) is 5.88 Å². The third-order valence-electron chi connectivity index (χ3n) is 2.36. The second-order valence-electron chi connectivity index (χ2n) is 3.60. The zero-order valence-corrected chi connectivity index (χ0v) is 10.3. The molecule has 2 N–H and O–H groups in total. The van der Waals surface area contributed by atoms with Crippen LogP contribution in [-0.2, 0) is 6.61 Å². The van der Waals surface area contributed by atoms with Crippen molar-refractivity contribution in [2.24, 2.45) is 5.73 Å². The number of hydrogen-bond donors (Lipinski definition) is 1. The number of pyridine rings is 1. The summed E-state index contributed by atoms with van der Waals surface area (Å²) in [6.45, 7) is 0.0826. The molecule has 0 spiro atoms. The van der Waals surface area contributed by atoms with Crippen LogP contribution in [0.2, 0.25) is 0 Å². The highest BCUT2D eigenvalue weighted by Crippen LogP contribution is 2.16. The van der Waals surface area contributed by atoms with Crippen LogP contribution in [0, 0.1) is 5.82 Å². The number of halogens is 1. The summed E-state index contributed by atoms with van der Waals surface area (Å²) in [5, 5.41) is 0. The number of aromatic nitrogens is 1. The summed E-state index contributed by atoms with van der Waals surface area (Å²) in [7, 11) is 0. The van der Waals surface area contributed by atoms with Gasteiger partial charge in [0.1, 0.15) is 17.4 Å². The summed E-state index contributed by atoms with van der Waals surface area (Å²) in [5.74, 6) is -0.00133. The summed E-state index contributed by atoms with van der Waals surface area (Å²) in [5.41, 5.74) is 6.55. The molecule has 1 aromatic heterocycles. The molecule has 0 saturated carbocycles. The number of rotatable bonds is 4. The molecule has 0 amide bonds. The zero-order chi connectivity index (χ0) is 13.0. The van der Waals surface area contributed by atoms with E-state index in [0.717, 1.165) is 0 Å². The van der Waals surface area contributed by atoms with Crippen molar-refractivity contribution in [1.29, 1.82) is 0 Å². The summed E-state index contributed by atoms with van der Waals surface area (Å²) >= 11 is 4.89. The Morgan fingerprint density at radius 3 is 2.78 bits per heavy atom. The van der Waals surface area contributed by atoms with E-state index in [2.05, 4.69) is 4.98 Å². The second kappa shape index (κ2) is 5.55. The molecule has 0 bridgehead atoms. The molecule has 0 unspecified atom stereocenters. The molecule has 18 heavy (non-hydrogen) atoms. The molecule has 0 aliphatic rings. The van der Waals surface area contributed by atoms with Gasteiger partial charge in [0, 0.05) is 11.8 Å². The van der Waals surface area contributed by atoms with E-state index in [9.17, 15) is 4.39 Å². The summed E-state index contributed by atoms with van der Waals surface area (Å²) in [6.07, 6.45) is 1.57. The van der Waals surface area contributed by atoms with Gasteiger partial charge in [0.15, 0.2) is 0 Å². The van der Waals surface area contributed by atoms with Crippen LogP contribution in [0.25, 0.3) is 0 Å². The molecule has 0 radical (unpaired) electrons. The van der Waals surface area contributed by atoms with E-state index in [-0.39, 0.29) is 17.4 Å². The van der Waals surface area contributed by atoms with E-state index >= 15 is 0 Å². The summed E-state index contributed by atoms with van der Waals surface area (Å²) in [4.78, 5) is 4.23. The summed E-state index contributed by atoms with van der Waals surface area (Å²) in [6, 6.07) is 9.83. The lowest BCUT2D eigenvalue weighted by atomic mass is 10.2. The number of nitrogens with two attached hydrogens (primary N) is 1. The largest absolute Gasteiger partial charge is 0.472 e. The van der Waals surface area contributed by atoms with Crippen molar-refractivity contribution in [1.82, 2.24) is 4.98 Å². The van der Waals surface area contributed by atoms with Gasteiger partial charge >= 0.3 is 0 Å².